The third kappa shape index (κ3) is 11.2. The average Bonchev–Trinajstić information content (AvgIpc) is 3.34. The van der Waals surface area contributed by atoms with Gasteiger partial charge in [-0.2, -0.15) is 17.6 Å². The van der Waals surface area contributed by atoms with Gasteiger partial charge in [0.1, 0.15) is 18.5 Å². The van der Waals surface area contributed by atoms with Crippen molar-refractivity contribution in [3.63, 3.8) is 0 Å². The van der Waals surface area contributed by atoms with Crippen LogP contribution in [0.2, 0.25) is 0 Å². The molecule has 0 bridgehead atoms. The van der Waals surface area contributed by atoms with E-state index in [0.29, 0.717) is 77.8 Å². The molecule has 0 spiro atoms. The summed E-state index contributed by atoms with van der Waals surface area (Å²) in [6.45, 7) is 7.34. The summed E-state index contributed by atoms with van der Waals surface area (Å²) in [7, 11) is 1.35. The SMILES string of the molecule is COC(=O)c1cc(C)c(OC(=O)c2c3ccccc3[n+](C)c3ccccc23)c(C)c1.COC(=O)c1cc(C)c(OC(=O)c2c3ccccc3[n+](CCC(=O)[O-])c3ccccc23)c(C)c1.COS(=O)(=O)O. The molecule has 0 saturated carbocycles. The van der Waals surface area contributed by atoms with E-state index in [-0.39, 0.29) is 13.0 Å². The van der Waals surface area contributed by atoms with Crippen LogP contribution in [0.5, 0.6) is 11.5 Å². The lowest BCUT2D eigenvalue weighted by Gasteiger charge is -2.15. The molecule has 0 unspecified atom stereocenters. The van der Waals surface area contributed by atoms with E-state index in [1.54, 1.807) is 38.1 Å². The highest BCUT2D eigenvalue weighted by atomic mass is 32.3. The van der Waals surface area contributed by atoms with Crippen molar-refractivity contribution in [3.05, 3.63) is 166 Å². The number of aliphatic carboxylic acids is 1. The van der Waals surface area contributed by atoms with Crippen LogP contribution in [0.1, 0.15) is 70.1 Å². The van der Waals surface area contributed by atoms with Crippen molar-refractivity contribution in [3.8, 4) is 11.5 Å². The zero-order valence-corrected chi connectivity index (χ0v) is 40.3. The number of carbonyl (C=O) groups excluding carboxylic acids is 5. The fourth-order valence-electron chi connectivity index (χ4n) is 8.21. The minimum Gasteiger partial charge on any atom is -0.550 e. The summed E-state index contributed by atoms with van der Waals surface area (Å²) in [5.74, 6) is -2.19. The molecule has 0 radical (unpaired) electrons. The van der Waals surface area contributed by atoms with Crippen molar-refractivity contribution >= 4 is 83.9 Å². The molecular formula is C53H49N2O14S+. The molecule has 0 amide bonds. The number of methoxy groups -OCH3 is 2. The number of carboxylic acid groups (broad SMARTS) is 1. The van der Waals surface area contributed by atoms with Gasteiger partial charge in [0.2, 0.25) is 22.1 Å². The van der Waals surface area contributed by atoms with Crippen LogP contribution in [0.25, 0.3) is 43.6 Å². The van der Waals surface area contributed by atoms with Crippen molar-refractivity contribution in [1.29, 1.82) is 0 Å². The van der Waals surface area contributed by atoms with E-state index in [0.717, 1.165) is 28.9 Å². The molecule has 0 fully saturated rings. The number of hydrogen-bond acceptors (Lipinski definition) is 13. The molecule has 2 aromatic heterocycles. The summed E-state index contributed by atoms with van der Waals surface area (Å²) in [6, 6.07) is 36.8. The second-order valence-electron chi connectivity index (χ2n) is 15.9. The molecule has 1 N–H and O–H groups in total. The Morgan fingerprint density at radius 3 is 1.13 bits per heavy atom. The Morgan fingerprint density at radius 2 is 0.829 bits per heavy atom. The largest absolute Gasteiger partial charge is 0.550 e. The van der Waals surface area contributed by atoms with Gasteiger partial charge in [0.15, 0.2) is 6.54 Å². The Labute approximate surface area is 403 Å². The summed E-state index contributed by atoms with van der Waals surface area (Å²) < 4.78 is 55.0. The fraction of sp³-hybridized carbons (Fsp3) is 0.189. The number of para-hydroxylation sites is 4. The molecular weight excluding hydrogens is 921 g/mol. The number of esters is 4. The lowest BCUT2D eigenvalue weighted by molar-refractivity contribution is -0.645. The first-order chi connectivity index (χ1) is 33.3. The zero-order chi connectivity index (χ0) is 51.0. The fourth-order valence-corrected chi connectivity index (χ4v) is 8.21. The van der Waals surface area contributed by atoms with E-state index < -0.39 is 40.2 Å². The second kappa shape index (κ2) is 21.9. The molecule has 0 aliphatic carbocycles. The van der Waals surface area contributed by atoms with Crippen LogP contribution >= 0.6 is 0 Å². The van der Waals surface area contributed by atoms with Gasteiger partial charge in [-0.3, -0.25) is 8.74 Å². The Hall–Kier alpha value is -8.12. The first-order valence-electron chi connectivity index (χ1n) is 21.5. The van der Waals surface area contributed by atoms with E-state index >= 15 is 0 Å². The van der Waals surface area contributed by atoms with Crippen molar-refractivity contribution < 1.29 is 74.3 Å². The van der Waals surface area contributed by atoms with Gasteiger partial charge in [0, 0.05) is 36.7 Å². The Bertz CT molecular complexity index is 3340. The van der Waals surface area contributed by atoms with E-state index in [1.165, 1.54) is 14.2 Å². The smallest absolute Gasteiger partial charge is 0.397 e. The molecule has 0 saturated heterocycles. The Morgan fingerprint density at radius 1 is 0.529 bits per heavy atom. The number of carbonyl (C=O) groups is 5. The molecule has 16 nitrogen and oxygen atoms in total. The van der Waals surface area contributed by atoms with Gasteiger partial charge >= 0.3 is 34.3 Å². The second-order valence-corrected chi connectivity index (χ2v) is 17.1. The number of aromatic nitrogens is 2. The molecule has 8 aromatic rings. The Kier molecular flexibility index (Phi) is 16.0. The van der Waals surface area contributed by atoms with Gasteiger partial charge in [-0.1, -0.05) is 48.5 Å². The maximum atomic E-state index is 13.6. The van der Waals surface area contributed by atoms with Crippen LogP contribution < -0.4 is 23.7 Å². The molecule has 0 atom stereocenters. The first-order valence-corrected chi connectivity index (χ1v) is 22.9. The van der Waals surface area contributed by atoms with Crippen LogP contribution in [-0.2, 0) is 42.4 Å². The maximum Gasteiger partial charge on any atom is 0.397 e. The third-order valence-electron chi connectivity index (χ3n) is 11.3. The van der Waals surface area contributed by atoms with Crippen molar-refractivity contribution in [2.75, 3.05) is 21.3 Å². The van der Waals surface area contributed by atoms with Gasteiger partial charge in [-0.15, -0.1) is 0 Å². The summed E-state index contributed by atoms with van der Waals surface area (Å²) in [5, 5.41) is 14.1. The van der Waals surface area contributed by atoms with E-state index in [4.69, 9.17) is 23.5 Å². The molecule has 2 heterocycles. The summed E-state index contributed by atoms with van der Waals surface area (Å²) >= 11 is 0. The summed E-state index contributed by atoms with van der Waals surface area (Å²) in [4.78, 5) is 61.9. The first kappa shape index (κ1) is 51.3. The van der Waals surface area contributed by atoms with Crippen molar-refractivity contribution in [1.82, 2.24) is 0 Å². The number of nitrogens with zero attached hydrogens (tertiary/aromatic N) is 2. The zero-order valence-electron chi connectivity index (χ0n) is 39.5. The topological polar surface area (TPSA) is 217 Å². The number of fused-ring (bicyclic) bond motifs is 4. The van der Waals surface area contributed by atoms with Crippen LogP contribution in [0.15, 0.2) is 121 Å². The van der Waals surface area contributed by atoms with E-state index in [1.807, 2.05) is 123 Å². The quantitative estimate of drug-likeness (QED) is 0.0484. The highest BCUT2D eigenvalue weighted by Crippen LogP contribution is 2.32. The molecule has 360 valence electrons. The highest BCUT2D eigenvalue weighted by molar-refractivity contribution is 7.80. The van der Waals surface area contributed by atoms with Gasteiger partial charge in [-0.25, -0.2) is 19.2 Å². The number of benzene rings is 6. The van der Waals surface area contributed by atoms with E-state index in [9.17, 15) is 37.5 Å². The summed E-state index contributed by atoms with van der Waals surface area (Å²) in [5.41, 5.74) is 7.66. The lowest BCUT2D eigenvalue weighted by atomic mass is 10.0. The maximum absolute atomic E-state index is 13.6. The minimum absolute atomic E-state index is 0.159. The van der Waals surface area contributed by atoms with Crippen molar-refractivity contribution in [2.45, 2.75) is 40.7 Å². The van der Waals surface area contributed by atoms with Crippen LogP contribution in [0.3, 0.4) is 0 Å². The monoisotopic (exact) mass is 969 g/mol. The normalized spacial score (nSPS) is 11.0. The number of hydrogen-bond donors (Lipinski definition) is 1. The predicted octanol–water partition coefficient (Wildman–Crippen LogP) is 6.92. The van der Waals surface area contributed by atoms with Gasteiger partial charge in [0.25, 0.3) is 0 Å². The van der Waals surface area contributed by atoms with Crippen LogP contribution in [-0.4, -0.2) is 64.1 Å². The molecule has 0 aliphatic rings. The summed E-state index contributed by atoms with van der Waals surface area (Å²) in [6.07, 6.45) is -0.159. The molecule has 0 aliphatic heterocycles. The molecule has 17 heteroatoms. The van der Waals surface area contributed by atoms with Gasteiger partial charge in [-0.05, 0) is 98.5 Å². The van der Waals surface area contributed by atoms with Crippen LogP contribution in [0.4, 0.5) is 0 Å². The number of rotatable bonds is 10. The number of carboxylic acids is 1. The van der Waals surface area contributed by atoms with E-state index in [2.05, 4.69) is 8.75 Å². The molecule has 8 rings (SSSR count). The number of ether oxygens (including phenoxy) is 4. The van der Waals surface area contributed by atoms with Gasteiger partial charge < -0.3 is 28.8 Å². The van der Waals surface area contributed by atoms with Gasteiger partial charge in [0.05, 0.1) is 65.1 Å². The van der Waals surface area contributed by atoms with Crippen molar-refractivity contribution in [2.24, 2.45) is 7.05 Å². The average molecular weight is 970 g/mol. The molecule has 70 heavy (non-hydrogen) atoms. The third-order valence-corrected chi connectivity index (χ3v) is 11.7. The highest BCUT2D eigenvalue weighted by Gasteiger charge is 2.27. The number of aryl methyl sites for hydroxylation is 6. The van der Waals surface area contributed by atoms with Crippen LogP contribution in [0, 0.1) is 27.7 Å². The minimum atomic E-state index is -4.16. The standard InChI is InChI=1S/C27H23NO6.C25H22NO4.CH4O4S/c1-16-14-18(26(31)33-3)15-17(2)25(16)34-27(32)24-19-8-4-6-10-21(19)28(13-12-23(29)30)22-11-7-5-9-20(22)24;1-15-13-17(24(27)29-4)14-16(2)23(15)30-25(28)22-18-9-5-7-11-20(18)26(3)21-12-8-6-10-19(21)22;1-5-6(2,3)4/h4-11,14-15H,12-13H2,1-3H3;5-14H,1-4H3;1H3,(H,2,3,4)/q;+1;. The number of pyridine rings is 2. The molecule has 6 aromatic carbocycles. The Balaban J connectivity index is 0.000000207. The predicted molar refractivity (Wildman–Crippen MR) is 257 cm³/mol. The lowest BCUT2D eigenvalue weighted by Crippen LogP contribution is -2.39.